The van der Waals surface area contributed by atoms with Gasteiger partial charge in [-0.3, -0.25) is 14.7 Å². The maximum absolute atomic E-state index is 12.6. The van der Waals surface area contributed by atoms with Crippen LogP contribution in [0.1, 0.15) is 28.8 Å². The molecule has 9 heteroatoms. The minimum absolute atomic E-state index is 0. The highest BCUT2D eigenvalue weighted by atomic mass is 35.5. The Morgan fingerprint density at radius 1 is 1.23 bits per heavy atom. The first-order valence-electron chi connectivity index (χ1n) is 9.87. The van der Waals surface area contributed by atoms with Gasteiger partial charge in [0.05, 0.1) is 23.1 Å². The summed E-state index contributed by atoms with van der Waals surface area (Å²) in [5.74, 6) is 0.103. The molecular weight excluding hydrogens is 416 g/mol. The van der Waals surface area contributed by atoms with E-state index in [4.69, 9.17) is 0 Å². The number of hydrogen-bond donors (Lipinski definition) is 4. The summed E-state index contributed by atoms with van der Waals surface area (Å²) in [6, 6.07) is 12.7. The Hall–Kier alpha value is -3.41. The van der Waals surface area contributed by atoms with Crippen LogP contribution >= 0.6 is 12.4 Å². The number of amides is 2. The lowest BCUT2D eigenvalue weighted by Crippen LogP contribution is -2.37. The Balaban J connectivity index is 0.00000272. The molecule has 1 aliphatic rings. The summed E-state index contributed by atoms with van der Waals surface area (Å²) in [4.78, 5) is 24.7. The fourth-order valence-electron chi connectivity index (χ4n) is 3.74. The molecule has 2 amide bonds. The van der Waals surface area contributed by atoms with Crippen molar-refractivity contribution in [2.45, 2.75) is 12.8 Å². The summed E-state index contributed by atoms with van der Waals surface area (Å²) in [6.07, 6.45) is 1.83. The minimum atomic E-state index is -0.223. The molecule has 8 nitrogen and oxygen atoms in total. The Labute approximate surface area is 185 Å². The van der Waals surface area contributed by atoms with Crippen molar-refractivity contribution in [2.75, 3.05) is 25.5 Å². The van der Waals surface area contributed by atoms with E-state index in [0.29, 0.717) is 29.1 Å². The van der Waals surface area contributed by atoms with Gasteiger partial charge in [-0.15, -0.1) is 12.4 Å². The molecule has 0 bridgehead atoms. The van der Waals surface area contributed by atoms with Crippen molar-refractivity contribution in [3.8, 4) is 17.2 Å². The van der Waals surface area contributed by atoms with E-state index < -0.39 is 0 Å². The predicted molar refractivity (Wildman–Crippen MR) is 121 cm³/mol. The first kappa shape index (κ1) is 22.3. The van der Waals surface area contributed by atoms with Crippen molar-refractivity contribution in [2.24, 2.45) is 5.92 Å². The number of fused-ring (bicyclic) bond motifs is 1. The van der Waals surface area contributed by atoms with Crippen LogP contribution in [0.5, 0.6) is 0 Å². The highest BCUT2D eigenvalue weighted by Crippen LogP contribution is 2.30. The molecule has 4 N–H and O–H groups in total. The normalized spacial score (nSPS) is 15.5. The number of aromatic nitrogens is 2. The number of nitriles is 1. The van der Waals surface area contributed by atoms with E-state index in [2.05, 4.69) is 32.2 Å². The van der Waals surface area contributed by atoms with Crippen molar-refractivity contribution >= 4 is 40.9 Å². The smallest absolute Gasteiger partial charge is 0.251 e. The molecule has 2 aromatic carbocycles. The second kappa shape index (κ2) is 9.60. The van der Waals surface area contributed by atoms with Crippen LogP contribution in [0, 0.1) is 17.2 Å². The topological polar surface area (TPSA) is 123 Å². The number of aromatic amines is 1. The summed E-state index contributed by atoms with van der Waals surface area (Å²) in [6.45, 7) is 1.60. The molecule has 4 rings (SSSR count). The Kier molecular flexibility index (Phi) is 6.90. The highest BCUT2D eigenvalue weighted by molar-refractivity contribution is 6.02. The summed E-state index contributed by atoms with van der Waals surface area (Å²) < 4.78 is 0. The molecule has 0 unspecified atom stereocenters. The number of piperidine rings is 1. The number of carbonyl (C=O) groups is 2. The van der Waals surface area contributed by atoms with Crippen LogP contribution in [0.2, 0.25) is 0 Å². The lowest BCUT2D eigenvalue weighted by atomic mass is 9.96. The molecular formula is C22H23ClN6O2. The van der Waals surface area contributed by atoms with Crippen molar-refractivity contribution < 1.29 is 9.59 Å². The van der Waals surface area contributed by atoms with Crippen LogP contribution in [0.25, 0.3) is 22.0 Å². The van der Waals surface area contributed by atoms with E-state index >= 15 is 0 Å². The van der Waals surface area contributed by atoms with Crippen LogP contribution < -0.4 is 16.0 Å². The molecule has 1 fully saturated rings. The first-order valence-corrected chi connectivity index (χ1v) is 9.87. The molecule has 0 radical (unpaired) electrons. The summed E-state index contributed by atoms with van der Waals surface area (Å²) in [5.41, 5.74) is 3.12. The average Bonchev–Trinajstić information content (AvgIpc) is 3.20. The number of nitrogens with one attached hydrogen (secondary N) is 4. The summed E-state index contributed by atoms with van der Waals surface area (Å²) in [7, 11) is 1.56. The summed E-state index contributed by atoms with van der Waals surface area (Å²) >= 11 is 0. The fourth-order valence-corrected chi connectivity index (χ4v) is 3.74. The van der Waals surface area contributed by atoms with Crippen molar-refractivity contribution in [3.05, 3.63) is 47.5 Å². The SMILES string of the molecule is CNC(=O)c1ccc(C#N)c(-c2ccc3[nH]nc(NC(=O)[C@@H]4CCCNC4)c3c2)c1.Cl. The lowest BCUT2D eigenvalue weighted by molar-refractivity contribution is -0.120. The van der Waals surface area contributed by atoms with Gasteiger partial charge in [0.25, 0.3) is 5.91 Å². The minimum Gasteiger partial charge on any atom is -0.355 e. The van der Waals surface area contributed by atoms with E-state index in [1.54, 1.807) is 25.2 Å². The van der Waals surface area contributed by atoms with Crippen LogP contribution in [-0.4, -0.2) is 42.1 Å². The van der Waals surface area contributed by atoms with Gasteiger partial charge in [0, 0.05) is 30.1 Å². The molecule has 1 aromatic heterocycles. The van der Waals surface area contributed by atoms with Gasteiger partial charge in [0.1, 0.15) is 0 Å². The zero-order valence-corrected chi connectivity index (χ0v) is 17.8. The number of H-pyrrole nitrogens is 1. The van der Waals surface area contributed by atoms with Gasteiger partial charge in [0.15, 0.2) is 5.82 Å². The second-order valence-electron chi connectivity index (χ2n) is 7.32. The largest absolute Gasteiger partial charge is 0.355 e. The molecule has 1 aliphatic heterocycles. The lowest BCUT2D eigenvalue weighted by Gasteiger charge is -2.21. The number of benzene rings is 2. The van der Waals surface area contributed by atoms with E-state index in [1.807, 2.05) is 18.2 Å². The maximum Gasteiger partial charge on any atom is 0.251 e. The number of nitrogens with zero attached hydrogens (tertiary/aromatic N) is 2. The monoisotopic (exact) mass is 438 g/mol. The number of rotatable bonds is 4. The third-order valence-corrected chi connectivity index (χ3v) is 5.41. The molecule has 0 saturated carbocycles. The molecule has 31 heavy (non-hydrogen) atoms. The van der Waals surface area contributed by atoms with E-state index in [-0.39, 0.29) is 30.1 Å². The number of anilines is 1. The molecule has 0 spiro atoms. The van der Waals surface area contributed by atoms with Gasteiger partial charge in [-0.05, 0) is 55.3 Å². The zero-order valence-electron chi connectivity index (χ0n) is 17.0. The van der Waals surface area contributed by atoms with Crippen molar-refractivity contribution in [3.63, 3.8) is 0 Å². The zero-order chi connectivity index (χ0) is 21.1. The molecule has 2 heterocycles. The van der Waals surface area contributed by atoms with Crippen molar-refractivity contribution in [1.29, 1.82) is 5.26 Å². The van der Waals surface area contributed by atoms with Gasteiger partial charge in [-0.25, -0.2) is 0 Å². The third-order valence-electron chi connectivity index (χ3n) is 5.41. The Morgan fingerprint density at radius 3 is 2.77 bits per heavy atom. The number of carbonyl (C=O) groups excluding carboxylic acids is 2. The van der Waals surface area contributed by atoms with E-state index in [1.165, 1.54) is 0 Å². The van der Waals surface area contributed by atoms with Gasteiger partial charge >= 0.3 is 0 Å². The fraction of sp³-hybridized carbons (Fsp3) is 0.273. The summed E-state index contributed by atoms with van der Waals surface area (Å²) in [5, 5.41) is 26.2. The quantitative estimate of drug-likeness (QED) is 0.498. The number of halogens is 1. The van der Waals surface area contributed by atoms with Crippen LogP contribution in [-0.2, 0) is 4.79 Å². The molecule has 1 saturated heterocycles. The van der Waals surface area contributed by atoms with E-state index in [0.717, 1.165) is 35.9 Å². The predicted octanol–water partition coefficient (Wildman–Crippen LogP) is 2.82. The van der Waals surface area contributed by atoms with Crippen LogP contribution in [0.4, 0.5) is 5.82 Å². The van der Waals surface area contributed by atoms with Crippen LogP contribution in [0.15, 0.2) is 36.4 Å². The average molecular weight is 439 g/mol. The van der Waals surface area contributed by atoms with Crippen LogP contribution in [0.3, 0.4) is 0 Å². The van der Waals surface area contributed by atoms with Gasteiger partial charge in [0.2, 0.25) is 5.91 Å². The Bertz CT molecular complexity index is 1160. The van der Waals surface area contributed by atoms with Gasteiger partial charge < -0.3 is 16.0 Å². The van der Waals surface area contributed by atoms with Gasteiger partial charge in [-0.1, -0.05) is 6.07 Å². The molecule has 0 aliphatic carbocycles. The number of hydrogen-bond acceptors (Lipinski definition) is 5. The third kappa shape index (κ3) is 4.53. The standard InChI is InChI=1S/C22H22N6O2.ClH/c1-24-21(29)14-4-5-15(11-23)17(10-14)13-6-7-19-18(9-13)20(28-27-19)26-22(30)16-3-2-8-25-12-16;/h4-7,9-10,16,25H,2-3,8,12H2,1H3,(H,24,29)(H2,26,27,28,30);1H/t16-;/m1./s1. The van der Waals surface area contributed by atoms with Crippen molar-refractivity contribution in [1.82, 2.24) is 20.8 Å². The Morgan fingerprint density at radius 2 is 2.06 bits per heavy atom. The van der Waals surface area contributed by atoms with E-state index in [9.17, 15) is 14.9 Å². The maximum atomic E-state index is 12.6. The second-order valence-corrected chi connectivity index (χ2v) is 7.32. The first-order chi connectivity index (χ1) is 14.6. The molecule has 160 valence electrons. The highest BCUT2D eigenvalue weighted by Gasteiger charge is 2.22. The van der Waals surface area contributed by atoms with Gasteiger partial charge in [-0.2, -0.15) is 10.4 Å². The molecule has 3 aromatic rings. The molecule has 1 atom stereocenters.